The summed E-state index contributed by atoms with van der Waals surface area (Å²) < 4.78 is 10.4. The fourth-order valence-electron chi connectivity index (χ4n) is 2.46. The molecule has 0 spiro atoms. The van der Waals surface area contributed by atoms with Gasteiger partial charge in [-0.15, -0.1) is 0 Å². The second kappa shape index (κ2) is 6.47. The van der Waals surface area contributed by atoms with Gasteiger partial charge in [-0.2, -0.15) is 0 Å². The number of carboxylic acids is 1. The number of piperidine rings is 1. The van der Waals surface area contributed by atoms with E-state index in [2.05, 4.69) is 0 Å². The Hall–Kier alpha value is -2.24. The molecule has 0 aliphatic carbocycles. The van der Waals surface area contributed by atoms with Gasteiger partial charge in [-0.1, -0.05) is 0 Å². The molecule has 1 amide bonds. The molecule has 1 fully saturated rings. The van der Waals surface area contributed by atoms with E-state index in [1.807, 2.05) is 6.07 Å². The van der Waals surface area contributed by atoms with Gasteiger partial charge >= 0.3 is 5.97 Å². The number of hydrogen-bond acceptors (Lipinski definition) is 4. The molecule has 1 aromatic carbocycles. The Morgan fingerprint density at radius 1 is 1.38 bits per heavy atom. The molecular formula is C15H19NO5. The van der Waals surface area contributed by atoms with Gasteiger partial charge in [-0.25, -0.2) is 0 Å². The number of nitrogens with zero attached hydrogens (tertiary/aromatic N) is 1. The van der Waals surface area contributed by atoms with Crippen molar-refractivity contribution in [3.63, 3.8) is 0 Å². The number of carbonyl (C=O) groups is 2. The van der Waals surface area contributed by atoms with Crippen LogP contribution in [0.2, 0.25) is 0 Å². The summed E-state index contributed by atoms with van der Waals surface area (Å²) in [4.78, 5) is 24.6. The van der Waals surface area contributed by atoms with Crippen LogP contribution in [0.15, 0.2) is 18.2 Å². The summed E-state index contributed by atoms with van der Waals surface area (Å²) in [5.41, 5.74) is 0.831. The molecule has 1 aromatic rings. The van der Waals surface area contributed by atoms with Gasteiger partial charge in [0, 0.05) is 31.1 Å². The van der Waals surface area contributed by atoms with Crippen LogP contribution in [-0.4, -0.2) is 42.6 Å². The molecule has 0 unspecified atom stereocenters. The van der Waals surface area contributed by atoms with Crippen molar-refractivity contribution in [2.45, 2.75) is 19.4 Å². The molecule has 1 aliphatic rings. The van der Waals surface area contributed by atoms with Gasteiger partial charge < -0.3 is 19.5 Å². The van der Waals surface area contributed by atoms with Crippen LogP contribution in [0, 0.1) is 5.92 Å². The Labute approximate surface area is 123 Å². The molecule has 1 N–H and O–H groups in total. The minimum atomic E-state index is -0.853. The molecule has 1 aliphatic heterocycles. The Bertz CT molecular complexity index is 543. The summed E-state index contributed by atoms with van der Waals surface area (Å²) in [6, 6.07) is 5.37. The Balaban J connectivity index is 2.16. The molecule has 2 rings (SSSR count). The number of aliphatic carboxylic acids is 1. The van der Waals surface area contributed by atoms with Gasteiger partial charge in [0.25, 0.3) is 0 Å². The fourth-order valence-corrected chi connectivity index (χ4v) is 2.46. The number of carbonyl (C=O) groups excluding carboxylic acids is 1. The molecular weight excluding hydrogens is 274 g/mol. The van der Waals surface area contributed by atoms with Crippen LogP contribution in [0.3, 0.4) is 0 Å². The molecule has 0 aromatic heterocycles. The maximum Gasteiger partial charge on any atom is 0.308 e. The topological polar surface area (TPSA) is 76.1 Å². The third kappa shape index (κ3) is 3.45. The zero-order valence-electron chi connectivity index (χ0n) is 12.2. The van der Waals surface area contributed by atoms with Gasteiger partial charge in [0.15, 0.2) is 0 Å². The first-order chi connectivity index (χ1) is 10.0. The number of amides is 1. The minimum Gasteiger partial charge on any atom is -0.497 e. The highest BCUT2D eigenvalue weighted by Gasteiger charge is 2.30. The lowest BCUT2D eigenvalue weighted by Gasteiger charge is -2.31. The average Bonchev–Trinajstić information content (AvgIpc) is 2.49. The quantitative estimate of drug-likeness (QED) is 0.891. The first-order valence-corrected chi connectivity index (χ1v) is 6.76. The minimum absolute atomic E-state index is 0.0228. The highest BCUT2D eigenvalue weighted by molar-refractivity contribution is 5.80. The summed E-state index contributed by atoms with van der Waals surface area (Å²) in [5.74, 6) is -0.0740. The third-order valence-electron chi connectivity index (χ3n) is 3.70. The lowest BCUT2D eigenvalue weighted by molar-refractivity contribution is -0.147. The van der Waals surface area contributed by atoms with Gasteiger partial charge in [0.2, 0.25) is 5.91 Å². The summed E-state index contributed by atoms with van der Waals surface area (Å²) in [7, 11) is 3.12. The Morgan fingerprint density at radius 2 is 2.14 bits per heavy atom. The van der Waals surface area contributed by atoms with Crippen LogP contribution < -0.4 is 9.47 Å². The first-order valence-electron chi connectivity index (χ1n) is 6.76. The van der Waals surface area contributed by atoms with Gasteiger partial charge in [-0.3, -0.25) is 9.59 Å². The molecule has 114 valence electrons. The normalized spacial score (nSPS) is 18.5. The number of hydrogen-bond donors (Lipinski definition) is 1. The monoisotopic (exact) mass is 293 g/mol. The number of ether oxygens (including phenoxy) is 2. The van der Waals surface area contributed by atoms with Crippen molar-refractivity contribution in [3.8, 4) is 11.5 Å². The molecule has 0 saturated carbocycles. The molecule has 6 heteroatoms. The van der Waals surface area contributed by atoms with E-state index in [1.165, 1.54) is 0 Å². The van der Waals surface area contributed by atoms with Crippen molar-refractivity contribution in [2.75, 3.05) is 20.8 Å². The van der Waals surface area contributed by atoms with Crippen molar-refractivity contribution in [2.24, 2.45) is 5.92 Å². The lowest BCUT2D eigenvalue weighted by Crippen LogP contribution is -2.42. The zero-order valence-corrected chi connectivity index (χ0v) is 12.2. The molecule has 1 atom stereocenters. The Morgan fingerprint density at radius 3 is 2.76 bits per heavy atom. The largest absolute Gasteiger partial charge is 0.497 e. The van der Waals surface area contributed by atoms with E-state index in [-0.39, 0.29) is 18.9 Å². The second-order valence-corrected chi connectivity index (χ2v) is 5.03. The van der Waals surface area contributed by atoms with Gasteiger partial charge in [0.05, 0.1) is 20.1 Å². The first kappa shape index (κ1) is 15.2. The van der Waals surface area contributed by atoms with E-state index >= 15 is 0 Å². The number of likely N-dealkylation sites (tertiary alicyclic amines) is 1. The summed E-state index contributed by atoms with van der Waals surface area (Å²) in [6.45, 7) is 0.582. The van der Waals surface area contributed by atoms with Gasteiger partial charge in [-0.05, 0) is 18.6 Å². The molecule has 0 bridgehead atoms. The van der Waals surface area contributed by atoms with E-state index in [0.717, 1.165) is 5.56 Å². The number of carboxylic acid groups (broad SMARTS) is 1. The van der Waals surface area contributed by atoms with E-state index < -0.39 is 11.9 Å². The standard InChI is InChI=1S/C15H19NO5/c1-20-12-5-3-10(13(7-12)21-2)8-16-9-11(15(18)19)4-6-14(16)17/h3,5,7,11H,4,6,8-9H2,1-2H3,(H,18,19)/t11-/m1/s1. The van der Waals surface area contributed by atoms with Crippen LogP contribution in [0.1, 0.15) is 18.4 Å². The molecule has 21 heavy (non-hydrogen) atoms. The van der Waals surface area contributed by atoms with E-state index in [9.17, 15) is 9.59 Å². The van der Waals surface area contributed by atoms with Crippen LogP contribution in [0.5, 0.6) is 11.5 Å². The van der Waals surface area contributed by atoms with E-state index in [0.29, 0.717) is 24.5 Å². The van der Waals surface area contributed by atoms with Crippen molar-refractivity contribution in [3.05, 3.63) is 23.8 Å². The molecule has 6 nitrogen and oxygen atoms in total. The van der Waals surface area contributed by atoms with Crippen LogP contribution in [-0.2, 0) is 16.1 Å². The van der Waals surface area contributed by atoms with Crippen molar-refractivity contribution < 1.29 is 24.2 Å². The number of benzene rings is 1. The van der Waals surface area contributed by atoms with Crippen LogP contribution >= 0.6 is 0 Å². The average molecular weight is 293 g/mol. The maximum absolute atomic E-state index is 12.0. The highest BCUT2D eigenvalue weighted by atomic mass is 16.5. The van der Waals surface area contributed by atoms with Crippen molar-refractivity contribution >= 4 is 11.9 Å². The Kier molecular flexibility index (Phi) is 4.67. The predicted molar refractivity (Wildman–Crippen MR) is 75.3 cm³/mol. The summed E-state index contributed by atoms with van der Waals surface area (Å²) in [5, 5.41) is 9.10. The highest BCUT2D eigenvalue weighted by Crippen LogP contribution is 2.27. The summed E-state index contributed by atoms with van der Waals surface area (Å²) >= 11 is 0. The number of rotatable bonds is 5. The maximum atomic E-state index is 12.0. The zero-order chi connectivity index (χ0) is 15.4. The van der Waals surface area contributed by atoms with E-state index in [4.69, 9.17) is 14.6 Å². The molecule has 1 saturated heterocycles. The van der Waals surface area contributed by atoms with Crippen LogP contribution in [0.4, 0.5) is 0 Å². The second-order valence-electron chi connectivity index (χ2n) is 5.03. The van der Waals surface area contributed by atoms with Crippen molar-refractivity contribution in [1.82, 2.24) is 4.90 Å². The lowest BCUT2D eigenvalue weighted by atomic mass is 9.97. The van der Waals surface area contributed by atoms with Crippen molar-refractivity contribution in [1.29, 1.82) is 0 Å². The number of methoxy groups -OCH3 is 2. The van der Waals surface area contributed by atoms with Crippen LogP contribution in [0.25, 0.3) is 0 Å². The van der Waals surface area contributed by atoms with Gasteiger partial charge in [0.1, 0.15) is 11.5 Å². The van der Waals surface area contributed by atoms with E-state index in [1.54, 1.807) is 31.3 Å². The smallest absolute Gasteiger partial charge is 0.308 e. The predicted octanol–water partition coefficient (Wildman–Crippen LogP) is 1.53. The summed E-state index contributed by atoms with van der Waals surface area (Å²) in [6.07, 6.45) is 0.680. The molecule has 0 radical (unpaired) electrons. The fraction of sp³-hybridized carbons (Fsp3) is 0.467. The molecule has 1 heterocycles. The SMILES string of the molecule is COc1ccc(CN2C[C@H](C(=O)O)CCC2=O)c(OC)c1. The third-order valence-corrected chi connectivity index (χ3v) is 3.70.